The number of carbonyl (C=O) groups is 1. The van der Waals surface area contributed by atoms with E-state index < -0.39 is 39.9 Å². The Balaban J connectivity index is 1.89. The molecule has 0 radical (unpaired) electrons. The summed E-state index contributed by atoms with van der Waals surface area (Å²) in [6.07, 6.45) is -3.44. The summed E-state index contributed by atoms with van der Waals surface area (Å²) in [4.78, 5) is 12.4. The molecule has 0 fully saturated rings. The van der Waals surface area contributed by atoms with E-state index in [1.54, 1.807) is 30.3 Å². The predicted octanol–water partition coefficient (Wildman–Crippen LogP) is 5.10. The van der Waals surface area contributed by atoms with Gasteiger partial charge in [-0.05, 0) is 67.1 Å². The number of nitrogens with zero attached hydrogens (tertiary/aromatic N) is 2. The maximum absolute atomic E-state index is 13.3. The van der Waals surface area contributed by atoms with Crippen LogP contribution in [0.25, 0.3) is 0 Å². The summed E-state index contributed by atoms with van der Waals surface area (Å²) in [7, 11) is -4.47. The molecule has 0 saturated carbocycles. The molecule has 36 heavy (non-hydrogen) atoms. The first-order valence-corrected chi connectivity index (χ1v) is 12.3. The van der Waals surface area contributed by atoms with E-state index in [4.69, 9.17) is 16.3 Å². The topological polar surface area (TPSA) is 88.1 Å². The number of amides is 1. The fourth-order valence-electron chi connectivity index (χ4n) is 3.06. The lowest BCUT2D eigenvalue weighted by atomic mass is 10.2. The minimum Gasteiger partial charge on any atom is -0.494 e. The van der Waals surface area contributed by atoms with Crippen molar-refractivity contribution in [2.75, 3.05) is 17.5 Å². The van der Waals surface area contributed by atoms with Crippen LogP contribution < -0.4 is 14.5 Å². The molecular weight excluding hydrogens is 519 g/mol. The van der Waals surface area contributed by atoms with Crippen LogP contribution in [0.15, 0.2) is 82.8 Å². The lowest BCUT2D eigenvalue weighted by molar-refractivity contribution is -0.137. The van der Waals surface area contributed by atoms with Gasteiger partial charge in [0.2, 0.25) is 0 Å². The van der Waals surface area contributed by atoms with Gasteiger partial charge in [0, 0.05) is 0 Å². The number of nitrogens with one attached hydrogen (secondary N) is 1. The summed E-state index contributed by atoms with van der Waals surface area (Å²) in [5, 5.41) is 3.51. The van der Waals surface area contributed by atoms with Gasteiger partial charge in [0.15, 0.2) is 0 Å². The number of ether oxygens (including phenoxy) is 1. The smallest absolute Gasteiger partial charge is 0.416 e. The molecule has 3 aromatic rings. The quantitative estimate of drug-likeness (QED) is 0.302. The van der Waals surface area contributed by atoms with E-state index in [1.807, 2.05) is 6.92 Å². The van der Waals surface area contributed by atoms with Gasteiger partial charge in [0.25, 0.3) is 15.9 Å². The molecule has 0 bridgehead atoms. The maximum Gasteiger partial charge on any atom is 0.416 e. The van der Waals surface area contributed by atoms with Crippen molar-refractivity contribution in [2.24, 2.45) is 5.10 Å². The number of hydrogen-bond donors (Lipinski definition) is 1. The van der Waals surface area contributed by atoms with E-state index in [9.17, 15) is 26.4 Å². The van der Waals surface area contributed by atoms with Gasteiger partial charge in [-0.3, -0.25) is 9.10 Å². The number of anilines is 1. The van der Waals surface area contributed by atoms with Crippen molar-refractivity contribution in [2.45, 2.75) is 18.0 Å². The maximum atomic E-state index is 13.3. The molecule has 3 aromatic carbocycles. The number of benzene rings is 3. The highest BCUT2D eigenvalue weighted by Crippen LogP contribution is 2.37. The van der Waals surface area contributed by atoms with Crippen LogP contribution >= 0.6 is 11.6 Å². The van der Waals surface area contributed by atoms with Crippen molar-refractivity contribution < 1.29 is 31.1 Å². The SMILES string of the molecule is CCOc1ccc(/C=N\NC(=O)CN(c2cc(C(F)(F)F)ccc2Cl)S(=O)(=O)c2ccccc2)cc1. The van der Waals surface area contributed by atoms with Crippen LogP contribution in [0, 0.1) is 0 Å². The highest BCUT2D eigenvalue weighted by atomic mass is 35.5. The summed E-state index contributed by atoms with van der Waals surface area (Å²) < 4.78 is 72.5. The second-order valence-corrected chi connectivity index (χ2v) is 9.55. The monoisotopic (exact) mass is 539 g/mol. The number of carbonyl (C=O) groups excluding carboxylic acids is 1. The highest BCUT2D eigenvalue weighted by molar-refractivity contribution is 7.92. The molecule has 0 aliphatic heterocycles. The van der Waals surface area contributed by atoms with Crippen LogP contribution in [0.2, 0.25) is 5.02 Å². The second-order valence-electron chi connectivity index (χ2n) is 7.28. The summed E-state index contributed by atoms with van der Waals surface area (Å²) in [6, 6.07) is 16.0. The normalized spacial score (nSPS) is 11.9. The number of hydrazone groups is 1. The Morgan fingerprint density at radius 3 is 2.36 bits per heavy atom. The Labute approximate surface area is 211 Å². The molecule has 12 heteroatoms. The van der Waals surface area contributed by atoms with E-state index in [0.717, 1.165) is 12.1 Å². The lowest BCUT2D eigenvalue weighted by Crippen LogP contribution is -2.40. The van der Waals surface area contributed by atoms with Crippen molar-refractivity contribution in [3.8, 4) is 5.75 Å². The Hall–Kier alpha value is -3.57. The van der Waals surface area contributed by atoms with Crippen LogP contribution in [0.5, 0.6) is 5.75 Å². The predicted molar refractivity (Wildman–Crippen MR) is 131 cm³/mol. The average molecular weight is 540 g/mol. The molecule has 190 valence electrons. The first kappa shape index (κ1) is 27.0. The molecule has 7 nitrogen and oxygen atoms in total. The molecule has 0 heterocycles. The summed E-state index contributed by atoms with van der Waals surface area (Å²) in [5.41, 5.74) is 1.19. The summed E-state index contributed by atoms with van der Waals surface area (Å²) >= 11 is 6.09. The Bertz CT molecular complexity index is 1330. The molecule has 0 spiro atoms. The van der Waals surface area contributed by atoms with Gasteiger partial charge in [-0.15, -0.1) is 0 Å². The van der Waals surface area contributed by atoms with E-state index in [1.165, 1.54) is 30.5 Å². The minimum atomic E-state index is -4.76. The lowest BCUT2D eigenvalue weighted by Gasteiger charge is -2.25. The van der Waals surface area contributed by atoms with E-state index in [2.05, 4.69) is 10.5 Å². The number of halogens is 4. The van der Waals surface area contributed by atoms with Crippen LogP contribution in [-0.4, -0.2) is 33.7 Å². The van der Waals surface area contributed by atoms with Crippen LogP contribution in [0.3, 0.4) is 0 Å². The van der Waals surface area contributed by atoms with Gasteiger partial charge in [0.05, 0.1) is 34.0 Å². The van der Waals surface area contributed by atoms with Crippen molar-refractivity contribution in [1.29, 1.82) is 0 Å². The fourth-order valence-corrected chi connectivity index (χ4v) is 4.78. The Kier molecular flexibility index (Phi) is 8.59. The molecule has 0 unspecified atom stereocenters. The van der Waals surface area contributed by atoms with Gasteiger partial charge < -0.3 is 4.74 Å². The first-order valence-electron chi connectivity index (χ1n) is 10.5. The molecule has 0 aliphatic carbocycles. The number of hydrogen-bond acceptors (Lipinski definition) is 5. The second kappa shape index (κ2) is 11.4. The fraction of sp³-hybridized carbons (Fsp3) is 0.167. The third-order valence-electron chi connectivity index (χ3n) is 4.75. The van der Waals surface area contributed by atoms with E-state index in [0.29, 0.717) is 28.3 Å². The molecule has 0 aromatic heterocycles. The first-order chi connectivity index (χ1) is 17.0. The molecule has 1 amide bonds. The van der Waals surface area contributed by atoms with Gasteiger partial charge >= 0.3 is 6.18 Å². The van der Waals surface area contributed by atoms with E-state index in [-0.39, 0.29) is 9.92 Å². The van der Waals surface area contributed by atoms with Crippen molar-refractivity contribution in [1.82, 2.24) is 5.43 Å². The van der Waals surface area contributed by atoms with Crippen molar-refractivity contribution >= 4 is 39.4 Å². The van der Waals surface area contributed by atoms with Crippen molar-refractivity contribution in [3.05, 3.63) is 88.9 Å². The number of sulfonamides is 1. The Morgan fingerprint density at radius 1 is 1.08 bits per heavy atom. The average Bonchev–Trinajstić information content (AvgIpc) is 2.84. The van der Waals surface area contributed by atoms with Crippen LogP contribution in [0.1, 0.15) is 18.1 Å². The molecule has 3 rings (SSSR count). The standard InChI is InChI=1S/C24H21ClF3N3O4S/c1-2-35-19-11-8-17(9-12-19)15-29-30-23(32)16-31(36(33,34)20-6-4-3-5-7-20)22-14-18(24(26,27)28)10-13-21(22)25/h3-15H,2,16H2,1H3,(H,30,32)/b29-15-. The third-order valence-corrected chi connectivity index (χ3v) is 6.85. The number of rotatable bonds is 9. The molecule has 0 saturated heterocycles. The minimum absolute atomic E-state index is 0.232. The molecule has 0 atom stereocenters. The third kappa shape index (κ3) is 6.76. The van der Waals surface area contributed by atoms with Crippen LogP contribution in [-0.2, 0) is 21.0 Å². The summed E-state index contributed by atoms with van der Waals surface area (Å²) in [5.74, 6) is -0.247. The van der Waals surface area contributed by atoms with Gasteiger partial charge in [0.1, 0.15) is 12.3 Å². The molecule has 0 aliphatic rings. The highest BCUT2D eigenvalue weighted by Gasteiger charge is 2.34. The zero-order valence-electron chi connectivity index (χ0n) is 18.9. The number of alkyl halides is 3. The molecule has 1 N–H and O–H groups in total. The largest absolute Gasteiger partial charge is 0.494 e. The summed E-state index contributed by atoms with van der Waals surface area (Å²) in [6.45, 7) is 1.47. The zero-order valence-corrected chi connectivity index (χ0v) is 20.4. The van der Waals surface area contributed by atoms with Crippen LogP contribution in [0.4, 0.5) is 18.9 Å². The van der Waals surface area contributed by atoms with E-state index >= 15 is 0 Å². The van der Waals surface area contributed by atoms with Gasteiger partial charge in [-0.1, -0.05) is 29.8 Å². The van der Waals surface area contributed by atoms with Gasteiger partial charge in [-0.25, -0.2) is 13.8 Å². The van der Waals surface area contributed by atoms with Crippen molar-refractivity contribution in [3.63, 3.8) is 0 Å². The zero-order chi connectivity index (χ0) is 26.3. The molecular formula is C24H21ClF3N3O4S. The van der Waals surface area contributed by atoms with Gasteiger partial charge in [-0.2, -0.15) is 18.3 Å². The Morgan fingerprint density at radius 2 is 1.75 bits per heavy atom.